The van der Waals surface area contributed by atoms with E-state index in [0.29, 0.717) is 15.7 Å². The van der Waals surface area contributed by atoms with Crippen LogP contribution in [0.2, 0.25) is 10.0 Å². The molecule has 0 spiro atoms. The number of likely N-dealkylation sites (N-methyl/N-ethyl adjacent to an activating group) is 1. The molecule has 2 rings (SSSR count). The molecule has 0 radical (unpaired) electrons. The molecule has 0 aromatic heterocycles. The molecule has 0 heterocycles. The van der Waals surface area contributed by atoms with Gasteiger partial charge in [-0.15, -0.1) is 0 Å². The Morgan fingerprint density at radius 1 is 1.13 bits per heavy atom. The van der Waals surface area contributed by atoms with E-state index in [9.17, 15) is 14.0 Å². The Bertz CT molecular complexity index is 732. The molecule has 23 heavy (non-hydrogen) atoms. The quantitative estimate of drug-likeness (QED) is 0.906. The lowest BCUT2D eigenvalue weighted by Crippen LogP contribution is -2.34. The van der Waals surface area contributed by atoms with Crippen molar-refractivity contribution in [3.05, 3.63) is 63.9 Å². The summed E-state index contributed by atoms with van der Waals surface area (Å²) in [6, 6.07) is 9.95. The summed E-state index contributed by atoms with van der Waals surface area (Å²) in [5.74, 6) is -1.30. The van der Waals surface area contributed by atoms with Crippen LogP contribution in [0.4, 0.5) is 10.1 Å². The van der Waals surface area contributed by atoms with Crippen molar-refractivity contribution in [1.82, 2.24) is 4.90 Å². The van der Waals surface area contributed by atoms with Crippen LogP contribution < -0.4 is 5.32 Å². The van der Waals surface area contributed by atoms with Gasteiger partial charge in [-0.05, 0) is 36.4 Å². The fourth-order valence-corrected chi connectivity index (χ4v) is 2.48. The van der Waals surface area contributed by atoms with Gasteiger partial charge in [0.05, 0.1) is 6.54 Å². The van der Waals surface area contributed by atoms with E-state index in [1.807, 2.05) is 0 Å². The number of carbonyl (C=O) groups excluding carboxylic acids is 2. The van der Waals surface area contributed by atoms with Crippen LogP contribution in [0.5, 0.6) is 0 Å². The van der Waals surface area contributed by atoms with E-state index in [0.717, 1.165) is 0 Å². The standard InChI is InChI=1S/C16H13Cl2FN2O2/c1-21(16(23)10-5-11(17)7-12(18)6-10)9-15(22)20-14-4-2-3-13(19)8-14/h2-8H,9H2,1H3,(H,20,22). The van der Waals surface area contributed by atoms with Gasteiger partial charge < -0.3 is 10.2 Å². The SMILES string of the molecule is CN(CC(=O)Nc1cccc(F)c1)C(=O)c1cc(Cl)cc(Cl)c1. The van der Waals surface area contributed by atoms with Crippen molar-refractivity contribution in [2.75, 3.05) is 18.9 Å². The largest absolute Gasteiger partial charge is 0.332 e. The summed E-state index contributed by atoms with van der Waals surface area (Å²) in [4.78, 5) is 25.4. The minimum atomic E-state index is -0.458. The third-order valence-corrected chi connectivity index (χ3v) is 3.38. The molecule has 0 atom stereocenters. The average molecular weight is 355 g/mol. The van der Waals surface area contributed by atoms with Gasteiger partial charge in [0.2, 0.25) is 5.91 Å². The first-order chi connectivity index (χ1) is 10.8. The van der Waals surface area contributed by atoms with Crippen molar-refractivity contribution in [3.63, 3.8) is 0 Å². The molecule has 0 aliphatic heterocycles. The second-order valence-electron chi connectivity index (χ2n) is 4.88. The minimum absolute atomic E-state index is 0.195. The zero-order valence-electron chi connectivity index (χ0n) is 12.1. The second-order valence-corrected chi connectivity index (χ2v) is 5.75. The molecular weight excluding hydrogens is 342 g/mol. The second kappa shape index (κ2) is 7.44. The van der Waals surface area contributed by atoms with E-state index in [1.165, 1.54) is 48.3 Å². The Morgan fingerprint density at radius 3 is 2.39 bits per heavy atom. The molecule has 0 fully saturated rings. The van der Waals surface area contributed by atoms with Crippen LogP contribution in [0.15, 0.2) is 42.5 Å². The van der Waals surface area contributed by atoms with Crippen molar-refractivity contribution in [2.24, 2.45) is 0 Å². The molecule has 7 heteroatoms. The number of carbonyl (C=O) groups is 2. The normalized spacial score (nSPS) is 10.3. The van der Waals surface area contributed by atoms with Gasteiger partial charge in [0.25, 0.3) is 5.91 Å². The highest BCUT2D eigenvalue weighted by Crippen LogP contribution is 2.20. The molecule has 0 bridgehead atoms. The van der Waals surface area contributed by atoms with Gasteiger partial charge >= 0.3 is 0 Å². The summed E-state index contributed by atoms with van der Waals surface area (Å²) in [7, 11) is 1.47. The fraction of sp³-hybridized carbons (Fsp3) is 0.125. The van der Waals surface area contributed by atoms with Gasteiger partial charge in [-0.2, -0.15) is 0 Å². The molecule has 1 N–H and O–H groups in total. The molecule has 120 valence electrons. The van der Waals surface area contributed by atoms with E-state index in [-0.39, 0.29) is 12.1 Å². The first-order valence-corrected chi connectivity index (χ1v) is 7.38. The van der Waals surface area contributed by atoms with Crippen LogP contribution in [-0.2, 0) is 4.79 Å². The topological polar surface area (TPSA) is 49.4 Å². The number of amides is 2. The fourth-order valence-electron chi connectivity index (χ4n) is 1.95. The van der Waals surface area contributed by atoms with Crippen molar-refractivity contribution >= 4 is 40.7 Å². The Hall–Kier alpha value is -2.11. The maximum atomic E-state index is 13.1. The summed E-state index contributed by atoms with van der Waals surface area (Å²) in [6.07, 6.45) is 0. The van der Waals surface area contributed by atoms with Crippen molar-refractivity contribution < 1.29 is 14.0 Å². The number of nitrogens with one attached hydrogen (secondary N) is 1. The lowest BCUT2D eigenvalue weighted by Gasteiger charge is -2.17. The van der Waals surface area contributed by atoms with Crippen molar-refractivity contribution in [2.45, 2.75) is 0 Å². The number of rotatable bonds is 4. The molecule has 2 amide bonds. The summed E-state index contributed by atoms with van der Waals surface area (Å²) < 4.78 is 13.1. The highest BCUT2D eigenvalue weighted by molar-refractivity contribution is 6.35. The van der Waals surface area contributed by atoms with Crippen LogP contribution in [0, 0.1) is 5.82 Å². The van der Waals surface area contributed by atoms with Crippen LogP contribution in [0.1, 0.15) is 10.4 Å². The molecule has 0 saturated heterocycles. The van der Waals surface area contributed by atoms with Crippen LogP contribution >= 0.6 is 23.2 Å². The Balaban J connectivity index is 2.01. The molecular formula is C16H13Cl2FN2O2. The lowest BCUT2D eigenvalue weighted by molar-refractivity contribution is -0.116. The van der Waals surface area contributed by atoms with Crippen LogP contribution in [0.3, 0.4) is 0 Å². The van der Waals surface area contributed by atoms with Gasteiger partial charge in [-0.1, -0.05) is 29.3 Å². The van der Waals surface area contributed by atoms with Crippen LogP contribution in [-0.4, -0.2) is 30.3 Å². The van der Waals surface area contributed by atoms with E-state index >= 15 is 0 Å². The van der Waals surface area contributed by atoms with Gasteiger partial charge in [0, 0.05) is 28.3 Å². The van der Waals surface area contributed by atoms with E-state index in [2.05, 4.69) is 5.32 Å². The first-order valence-electron chi connectivity index (χ1n) is 6.62. The smallest absolute Gasteiger partial charge is 0.254 e. The number of benzene rings is 2. The number of nitrogens with zero attached hydrogens (tertiary/aromatic N) is 1. The number of hydrogen-bond acceptors (Lipinski definition) is 2. The van der Waals surface area contributed by atoms with Crippen molar-refractivity contribution in [1.29, 1.82) is 0 Å². The highest BCUT2D eigenvalue weighted by atomic mass is 35.5. The number of hydrogen-bond donors (Lipinski definition) is 1. The third kappa shape index (κ3) is 4.94. The zero-order valence-corrected chi connectivity index (χ0v) is 13.7. The molecule has 0 aliphatic carbocycles. The highest BCUT2D eigenvalue weighted by Gasteiger charge is 2.16. The first kappa shape index (κ1) is 17.2. The zero-order chi connectivity index (χ0) is 17.0. The number of anilines is 1. The molecule has 0 aliphatic rings. The Kier molecular flexibility index (Phi) is 5.58. The third-order valence-electron chi connectivity index (χ3n) is 2.95. The van der Waals surface area contributed by atoms with E-state index in [1.54, 1.807) is 6.07 Å². The van der Waals surface area contributed by atoms with Crippen molar-refractivity contribution in [3.8, 4) is 0 Å². The van der Waals surface area contributed by atoms with Gasteiger partial charge in [0.15, 0.2) is 0 Å². The summed E-state index contributed by atoms with van der Waals surface area (Å²) in [5.41, 5.74) is 0.602. The molecule has 2 aromatic rings. The van der Waals surface area contributed by atoms with Gasteiger partial charge in [-0.3, -0.25) is 9.59 Å². The predicted molar refractivity (Wildman–Crippen MR) is 88.5 cm³/mol. The minimum Gasteiger partial charge on any atom is -0.332 e. The maximum Gasteiger partial charge on any atom is 0.254 e. The molecule has 2 aromatic carbocycles. The summed E-state index contributed by atoms with van der Waals surface area (Å²) >= 11 is 11.7. The van der Waals surface area contributed by atoms with E-state index in [4.69, 9.17) is 23.2 Å². The predicted octanol–water partition coefficient (Wildman–Crippen LogP) is 3.84. The Morgan fingerprint density at radius 2 is 1.78 bits per heavy atom. The summed E-state index contributed by atoms with van der Waals surface area (Å²) in [5, 5.41) is 3.18. The average Bonchev–Trinajstić information content (AvgIpc) is 2.45. The molecule has 0 saturated carbocycles. The monoisotopic (exact) mass is 354 g/mol. The maximum absolute atomic E-state index is 13.1. The molecule has 0 unspecified atom stereocenters. The Labute approximate surface area is 142 Å². The molecule has 4 nitrogen and oxygen atoms in total. The van der Waals surface area contributed by atoms with Gasteiger partial charge in [-0.25, -0.2) is 4.39 Å². The summed E-state index contributed by atoms with van der Waals surface area (Å²) in [6.45, 7) is -0.195. The van der Waals surface area contributed by atoms with Crippen LogP contribution in [0.25, 0.3) is 0 Å². The van der Waals surface area contributed by atoms with E-state index < -0.39 is 17.6 Å². The number of halogens is 3. The lowest BCUT2D eigenvalue weighted by atomic mass is 10.2. The van der Waals surface area contributed by atoms with Gasteiger partial charge in [0.1, 0.15) is 5.82 Å².